The number of rotatable bonds is 7. The van der Waals surface area contributed by atoms with E-state index in [0.717, 1.165) is 11.1 Å². The molecule has 6 N–H and O–H groups in total. The molecule has 0 amide bonds. The van der Waals surface area contributed by atoms with Gasteiger partial charge in [0.2, 0.25) is 18.3 Å². The molecule has 8 atom stereocenters. The molecule has 8 unspecified atom stereocenters. The zero-order valence-corrected chi connectivity index (χ0v) is 20.7. The van der Waals surface area contributed by atoms with Gasteiger partial charge in [-0.1, -0.05) is 0 Å². The van der Waals surface area contributed by atoms with Crippen LogP contribution in [0.4, 0.5) is 0 Å². The number of nitrogens with one attached hydrogen (secondary N) is 1. The minimum Gasteiger partial charge on any atom is -0.493 e. The Morgan fingerprint density at radius 3 is 2.45 bits per heavy atom. The zero-order chi connectivity index (χ0) is 27.3. The van der Waals surface area contributed by atoms with Gasteiger partial charge >= 0.3 is 5.97 Å². The van der Waals surface area contributed by atoms with Crippen LogP contribution in [0.2, 0.25) is 0 Å². The molecule has 0 radical (unpaired) electrons. The normalized spacial score (nSPS) is 31.2. The number of ether oxygens (including phenoxy) is 6. The molecule has 0 spiro atoms. The fourth-order valence-corrected chi connectivity index (χ4v) is 5.16. The van der Waals surface area contributed by atoms with Crippen LogP contribution in [0.1, 0.15) is 28.7 Å². The number of benzene rings is 2. The summed E-state index contributed by atoms with van der Waals surface area (Å²) < 4.78 is 34.0. The molecule has 2 aromatic rings. The smallest absolute Gasteiger partial charge is 0.335 e. The lowest BCUT2D eigenvalue weighted by Gasteiger charge is -2.38. The number of aliphatic carboxylic acids is 1. The first-order valence-corrected chi connectivity index (χ1v) is 11.9. The van der Waals surface area contributed by atoms with E-state index in [1.54, 1.807) is 13.1 Å². The Morgan fingerprint density at radius 2 is 1.79 bits per heavy atom. The standard InChI is InChI=1S/C25H29NO12/c1-26-8-9-6-13(33-2)20(34-3)21-14(9)15-19(37-21)11-5-4-10(7-12(11)36-24(15)32)35-25-18(29)16(27)17(28)22(38-25)23(30)31/h4-7,15-19,22,24-29,32H,8H2,1-3H3,(H,30,31). The average Bonchev–Trinajstić information content (AvgIpc) is 3.30. The SMILES string of the molecule is CNCc1cc(OC)c(OC)c2c1C1C(O)Oc3cc(OC4OC(C(=O)O)C(O)C(O)C4O)ccc3C1O2. The van der Waals surface area contributed by atoms with Crippen LogP contribution in [-0.2, 0) is 16.1 Å². The van der Waals surface area contributed by atoms with Crippen molar-refractivity contribution in [3.05, 3.63) is 41.0 Å². The molecule has 1 saturated heterocycles. The van der Waals surface area contributed by atoms with Gasteiger partial charge in [-0.15, -0.1) is 0 Å². The Bertz CT molecular complexity index is 1220. The van der Waals surface area contributed by atoms with Crippen molar-refractivity contribution < 1.29 is 58.7 Å². The third-order valence-electron chi connectivity index (χ3n) is 6.93. The second-order valence-corrected chi connectivity index (χ2v) is 9.17. The van der Waals surface area contributed by atoms with Crippen molar-refractivity contribution in [2.45, 2.75) is 55.6 Å². The quantitative estimate of drug-likeness (QED) is 0.270. The lowest BCUT2D eigenvalue weighted by Crippen LogP contribution is -2.61. The number of carboxylic acid groups (broad SMARTS) is 1. The zero-order valence-electron chi connectivity index (χ0n) is 20.7. The number of hydrogen-bond donors (Lipinski definition) is 6. The maximum atomic E-state index is 11.4. The Labute approximate surface area is 217 Å². The first-order valence-electron chi connectivity index (χ1n) is 11.9. The molecule has 0 aromatic heterocycles. The van der Waals surface area contributed by atoms with Crippen LogP contribution in [0, 0.1) is 0 Å². The molecular weight excluding hydrogens is 506 g/mol. The highest BCUT2D eigenvalue weighted by atomic mass is 16.7. The van der Waals surface area contributed by atoms with E-state index in [1.165, 1.54) is 26.4 Å². The first kappa shape index (κ1) is 26.3. The van der Waals surface area contributed by atoms with Crippen molar-refractivity contribution in [2.75, 3.05) is 21.3 Å². The monoisotopic (exact) mass is 535 g/mol. The largest absolute Gasteiger partial charge is 0.493 e. The van der Waals surface area contributed by atoms with Crippen molar-refractivity contribution in [1.29, 1.82) is 0 Å². The Balaban J connectivity index is 1.46. The minimum atomic E-state index is -1.84. The molecule has 1 fully saturated rings. The van der Waals surface area contributed by atoms with Gasteiger partial charge in [0, 0.05) is 23.7 Å². The van der Waals surface area contributed by atoms with Crippen LogP contribution in [0.15, 0.2) is 24.3 Å². The van der Waals surface area contributed by atoms with Gasteiger partial charge in [-0.3, -0.25) is 0 Å². The Kier molecular flexibility index (Phi) is 6.98. The molecule has 0 aliphatic carbocycles. The Morgan fingerprint density at radius 1 is 1.03 bits per heavy atom. The van der Waals surface area contributed by atoms with Gasteiger partial charge in [-0.2, -0.15) is 0 Å². The average molecular weight is 536 g/mol. The van der Waals surface area contributed by atoms with Gasteiger partial charge in [-0.05, 0) is 30.8 Å². The predicted molar refractivity (Wildman–Crippen MR) is 126 cm³/mol. The van der Waals surface area contributed by atoms with E-state index in [4.69, 9.17) is 28.4 Å². The molecule has 3 heterocycles. The second kappa shape index (κ2) is 10.1. The summed E-state index contributed by atoms with van der Waals surface area (Å²) in [4.78, 5) is 11.4. The summed E-state index contributed by atoms with van der Waals surface area (Å²) in [5.41, 5.74) is 2.17. The van der Waals surface area contributed by atoms with E-state index >= 15 is 0 Å². The predicted octanol–water partition coefficient (Wildman–Crippen LogP) is -0.378. The van der Waals surface area contributed by atoms with Crippen molar-refractivity contribution >= 4 is 5.97 Å². The van der Waals surface area contributed by atoms with Crippen LogP contribution in [0.25, 0.3) is 0 Å². The van der Waals surface area contributed by atoms with Gasteiger partial charge in [0.05, 0.1) is 20.1 Å². The molecule has 13 heteroatoms. The second-order valence-electron chi connectivity index (χ2n) is 9.17. The summed E-state index contributed by atoms with van der Waals surface area (Å²) in [6, 6.07) is 6.43. The molecular formula is C25H29NO12. The summed E-state index contributed by atoms with van der Waals surface area (Å²) >= 11 is 0. The lowest BCUT2D eigenvalue weighted by atomic mass is 9.85. The van der Waals surface area contributed by atoms with Gasteiger partial charge in [0.15, 0.2) is 17.6 Å². The molecule has 0 bridgehead atoms. The van der Waals surface area contributed by atoms with E-state index in [-0.39, 0.29) is 11.5 Å². The highest BCUT2D eigenvalue weighted by Gasteiger charge is 2.50. The van der Waals surface area contributed by atoms with Gasteiger partial charge in [-0.25, -0.2) is 4.79 Å². The van der Waals surface area contributed by atoms with E-state index in [1.807, 2.05) is 6.07 Å². The van der Waals surface area contributed by atoms with Gasteiger partial charge in [0.25, 0.3) is 0 Å². The topological polar surface area (TPSA) is 186 Å². The number of aliphatic hydroxyl groups excluding tert-OH is 4. The number of carbonyl (C=O) groups is 1. The first-order chi connectivity index (χ1) is 18.2. The third-order valence-corrected chi connectivity index (χ3v) is 6.93. The number of hydrogen-bond acceptors (Lipinski definition) is 12. The highest BCUT2D eigenvalue weighted by molar-refractivity contribution is 5.73. The minimum absolute atomic E-state index is 0.0943. The summed E-state index contributed by atoms with van der Waals surface area (Å²) in [6.45, 7) is 0.475. The summed E-state index contributed by atoms with van der Waals surface area (Å²) in [6.07, 6.45) is -10.7. The summed E-state index contributed by atoms with van der Waals surface area (Å²) in [5.74, 6) is -0.474. The van der Waals surface area contributed by atoms with Crippen molar-refractivity contribution in [3.8, 4) is 28.7 Å². The molecule has 5 rings (SSSR count). The van der Waals surface area contributed by atoms with Crippen molar-refractivity contribution in [1.82, 2.24) is 5.32 Å². The molecule has 38 heavy (non-hydrogen) atoms. The molecule has 13 nitrogen and oxygen atoms in total. The van der Waals surface area contributed by atoms with Crippen molar-refractivity contribution in [3.63, 3.8) is 0 Å². The number of aliphatic hydroxyl groups is 4. The van der Waals surface area contributed by atoms with Gasteiger partial charge < -0.3 is 59.3 Å². The maximum Gasteiger partial charge on any atom is 0.335 e. The summed E-state index contributed by atoms with van der Waals surface area (Å²) in [7, 11) is 4.82. The highest BCUT2D eigenvalue weighted by Crippen LogP contribution is 2.59. The van der Waals surface area contributed by atoms with Crippen LogP contribution in [-0.4, -0.2) is 89.8 Å². The lowest BCUT2D eigenvalue weighted by molar-refractivity contribution is -0.271. The molecule has 3 aliphatic heterocycles. The number of fused-ring (bicyclic) bond motifs is 5. The number of methoxy groups -OCH3 is 2. The fourth-order valence-electron chi connectivity index (χ4n) is 5.16. The fraction of sp³-hybridized carbons (Fsp3) is 0.480. The maximum absolute atomic E-state index is 11.4. The van der Waals surface area contributed by atoms with Crippen molar-refractivity contribution in [2.24, 2.45) is 0 Å². The molecule has 206 valence electrons. The van der Waals surface area contributed by atoms with E-state index in [9.17, 15) is 30.3 Å². The Hall–Kier alpha value is -3.33. The van der Waals surface area contributed by atoms with E-state index in [2.05, 4.69) is 5.32 Å². The van der Waals surface area contributed by atoms with Crippen LogP contribution < -0.4 is 29.0 Å². The summed E-state index contributed by atoms with van der Waals surface area (Å²) in [5, 5.41) is 53.6. The number of carboxylic acids is 1. The van der Waals surface area contributed by atoms with Crippen LogP contribution >= 0.6 is 0 Å². The van der Waals surface area contributed by atoms with Crippen LogP contribution in [0.3, 0.4) is 0 Å². The van der Waals surface area contributed by atoms with E-state index in [0.29, 0.717) is 29.4 Å². The van der Waals surface area contributed by atoms with Crippen LogP contribution in [0.5, 0.6) is 28.7 Å². The molecule has 0 saturated carbocycles. The molecule has 3 aliphatic rings. The van der Waals surface area contributed by atoms with Gasteiger partial charge in [0.1, 0.15) is 35.9 Å². The van der Waals surface area contributed by atoms with E-state index < -0.39 is 55.0 Å². The third kappa shape index (κ3) is 4.17. The molecule has 2 aromatic carbocycles.